The van der Waals surface area contributed by atoms with E-state index >= 15 is 0 Å². The van der Waals surface area contributed by atoms with E-state index in [2.05, 4.69) is 15.6 Å². The van der Waals surface area contributed by atoms with E-state index < -0.39 is 5.41 Å². The number of hydrogen-bond acceptors (Lipinski definition) is 4. The number of thiazole rings is 1. The van der Waals surface area contributed by atoms with Gasteiger partial charge < -0.3 is 10.6 Å². The topological polar surface area (TPSA) is 71.1 Å². The first-order valence-electron chi connectivity index (χ1n) is 8.71. The summed E-state index contributed by atoms with van der Waals surface area (Å²) in [6.45, 7) is 0. The summed E-state index contributed by atoms with van der Waals surface area (Å²) in [6.07, 6.45) is 5.87. The number of halogens is 1. The van der Waals surface area contributed by atoms with Crippen LogP contribution in [0, 0.1) is 5.41 Å². The summed E-state index contributed by atoms with van der Waals surface area (Å²) in [5.41, 5.74) is 0.214. The number of nitrogens with one attached hydrogen (secondary N) is 2. The van der Waals surface area contributed by atoms with Gasteiger partial charge in [0.25, 0.3) is 0 Å². The summed E-state index contributed by atoms with van der Waals surface area (Å²) in [5, 5.41) is 7.18. The predicted molar refractivity (Wildman–Crippen MR) is 99.9 cm³/mol. The van der Waals surface area contributed by atoms with Crippen molar-refractivity contribution in [3.05, 3.63) is 23.2 Å². The Kier molecular flexibility index (Phi) is 4.41. The zero-order chi connectivity index (χ0) is 17.4. The standard InChI is InChI=1S/C18H20ClN3O2S/c19-11-3-6-13-14(9-11)25-17(21-13)22-16(24)18(7-1-2-8-18)10-15(23)20-12-4-5-12/h3,6,9,12H,1-2,4-5,7-8,10H2,(H,20,23)(H,21,22,24). The highest BCUT2D eigenvalue weighted by atomic mass is 35.5. The van der Waals surface area contributed by atoms with Crippen molar-refractivity contribution in [1.29, 1.82) is 0 Å². The Bertz CT molecular complexity index is 825. The van der Waals surface area contributed by atoms with Gasteiger partial charge in [0.05, 0.1) is 15.6 Å². The molecule has 0 aliphatic heterocycles. The molecular weight excluding hydrogens is 358 g/mol. The first kappa shape index (κ1) is 16.8. The molecule has 1 aromatic heterocycles. The molecule has 7 heteroatoms. The molecule has 0 saturated heterocycles. The fourth-order valence-electron chi connectivity index (χ4n) is 3.53. The fourth-order valence-corrected chi connectivity index (χ4v) is 4.67. The number of carbonyl (C=O) groups is 2. The molecule has 2 aromatic rings. The second-order valence-corrected chi connectivity index (χ2v) is 8.56. The number of aromatic nitrogens is 1. The molecule has 5 nitrogen and oxygen atoms in total. The van der Waals surface area contributed by atoms with Crippen molar-refractivity contribution in [3.8, 4) is 0 Å². The van der Waals surface area contributed by atoms with Crippen LogP contribution < -0.4 is 10.6 Å². The fraction of sp³-hybridized carbons (Fsp3) is 0.500. The number of nitrogens with zero attached hydrogens (tertiary/aromatic N) is 1. The maximum absolute atomic E-state index is 13.0. The zero-order valence-corrected chi connectivity index (χ0v) is 15.4. The second kappa shape index (κ2) is 6.57. The van der Waals surface area contributed by atoms with Crippen molar-refractivity contribution in [1.82, 2.24) is 10.3 Å². The minimum Gasteiger partial charge on any atom is -0.353 e. The highest BCUT2D eigenvalue weighted by Gasteiger charge is 2.43. The van der Waals surface area contributed by atoms with Crippen molar-refractivity contribution in [2.75, 3.05) is 5.32 Å². The largest absolute Gasteiger partial charge is 0.353 e. The van der Waals surface area contributed by atoms with E-state index in [1.165, 1.54) is 11.3 Å². The van der Waals surface area contributed by atoms with E-state index in [9.17, 15) is 9.59 Å². The summed E-state index contributed by atoms with van der Waals surface area (Å²) in [4.78, 5) is 29.7. The lowest BCUT2D eigenvalue weighted by Gasteiger charge is -2.26. The second-order valence-electron chi connectivity index (χ2n) is 7.09. The van der Waals surface area contributed by atoms with Crippen LogP contribution in [-0.4, -0.2) is 22.8 Å². The van der Waals surface area contributed by atoms with Crippen LogP contribution in [0.1, 0.15) is 44.9 Å². The number of amides is 2. The van der Waals surface area contributed by atoms with Crippen LogP contribution in [0.15, 0.2) is 18.2 Å². The molecule has 2 N–H and O–H groups in total. The van der Waals surface area contributed by atoms with E-state index in [-0.39, 0.29) is 18.2 Å². The molecule has 2 amide bonds. The van der Waals surface area contributed by atoms with Gasteiger partial charge in [-0.2, -0.15) is 0 Å². The predicted octanol–water partition coefficient (Wildman–Crippen LogP) is 4.12. The molecule has 0 atom stereocenters. The first-order chi connectivity index (χ1) is 12.0. The Morgan fingerprint density at radius 1 is 1.28 bits per heavy atom. The monoisotopic (exact) mass is 377 g/mol. The molecule has 1 aromatic carbocycles. The maximum Gasteiger partial charge on any atom is 0.232 e. The molecule has 0 bridgehead atoms. The van der Waals surface area contributed by atoms with Crippen LogP contribution in [0.25, 0.3) is 10.2 Å². The Labute approximate surface area is 155 Å². The average Bonchev–Trinajstić information content (AvgIpc) is 3.08. The van der Waals surface area contributed by atoms with Gasteiger partial charge in [0.15, 0.2) is 5.13 Å². The van der Waals surface area contributed by atoms with Crippen LogP contribution in [-0.2, 0) is 9.59 Å². The van der Waals surface area contributed by atoms with Crippen molar-refractivity contribution in [2.24, 2.45) is 5.41 Å². The normalized spacial score (nSPS) is 19.1. The maximum atomic E-state index is 13.0. The van der Waals surface area contributed by atoms with E-state index in [1.54, 1.807) is 6.07 Å². The SMILES string of the molecule is O=C(CC1(C(=O)Nc2nc3ccc(Cl)cc3s2)CCCC1)NC1CC1. The van der Waals surface area contributed by atoms with Gasteiger partial charge in [-0.05, 0) is 43.9 Å². The van der Waals surface area contributed by atoms with Gasteiger partial charge in [-0.3, -0.25) is 9.59 Å². The third-order valence-electron chi connectivity index (χ3n) is 5.05. The minimum atomic E-state index is -0.603. The van der Waals surface area contributed by atoms with E-state index in [1.807, 2.05) is 12.1 Å². The summed E-state index contributed by atoms with van der Waals surface area (Å²) in [5.74, 6) is -0.0864. The number of rotatable bonds is 5. The van der Waals surface area contributed by atoms with Gasteiger partial charge in [-0.15, -0.1) is 0 Å². The smallest absolute Gasteiger partial charge is 0.232 e. The van der Waals surface area contributed by atoms with Gasteiger partial charge in [0.2, 0.25) is 11.8 Å². The van der Waals surface area contributed by atoms with Crippen molar-refractivity contribution >= 4 is 50.1 Å². The number of fused-ring (bicyclic) bond motifs is 1. The van der Waals surface area contributed by atoms with Gasteiger partial charge in [0, 0.05) is 17.5 Å². The number of carbonyl (C=O) groups excluding carboxylic acids is 2. The molecule has 4 rings (SSSR count). The molecule has 0 spiro atoms. The van der Waals surface area contributed by atoms with Crippen molar-refractivity contribution in [2.45, 2.75) is 51.0 Å². The Balaban J connectivity index is 1.50. The van der Waals surface area contributed by atoms with Gasteiger partial charge >= 0.3 is 0 Å². The van der Waals surface area contributed by atoms with Gasteiger partial charge in [0.1, 0.15) is 0 Å². The molecule has 1 heterocycles. The van der Waals surface area contributed by atoms with E-state index in [0.29, 0.717) is 16.2 Å². The quantitative estimate of drug-likeness (QED) is 0.823. The van der Waals surface area contributed by atoms with Gasteiger partial charge in [-0.25, -0.2) is 4.98 Å². The minimum absolute atomic E-state index is 0.00404. The molecule has 0 radical (unpaired) electrons. The highest BCUT2D eigenvalue weighted by molar-refractivity contribution is 7.22. The number of hydrogen-bond donors (Lipinski definition) is 2. The summed E-state index contributed by atoms with van der Waals surface area (Å²) < 4.78 is 0.940. The Morgan fingerprint density at radius 3 is 2.76 bits per heavy atom. The highest BCUT2D eigenvalue weighted by Crippen LogP contribution is 2.43. The lowest BCUT2D eigenvalue weighted by molar-refractivity contribution is -0.132. The molecule has 2 aliphatic rings. The Hall–Kier alpha value is -1.66. The molecule has 2 saturated carbocycles. The van der Waals surface area contributed by atoms with Crippen LogP contribution in [0.5, 0.6) is 0 Å². The average molecular weight is 378 g/mol. The summed E-state index contributed by atoms with van der Waals surface area (Å²) in [7, 11) is 0. The number of benzene rings is 1. The molecule has 2 fully saturated rings. The van der Waals surface area contributed by atoms with E-state index in [0.717, 1.165) is 48.7 Å². The summed E-state index contributed by atoms with van der Waals surface area (Å²) in [6, 6.07) is 5.80. The summed E-state index contributed by atoms with van der Waals surface area (Å²) >= 11 is 7.42. The van der Waals surface area contributed by atoms with Crippen molar-refractivity contribution < 1.29 is 9.59 Å². The lowest BCUT2D eigenvalue weighted by Crippen LogP contribution is -2.39. The number of anilines is 1. The van der Waals surface area contributed by atoms with Gasteiger partial charge in [-0.1, -0.05) is 35.8 Å². The molecular formula is C18H20ClN3O2S. The van der Waals surface area contributed by atoms with E-state index in [4.69, 9.17) is 11.6 Å². The molecule has 132 valence electrons. The van der Waals surface area contributed by atoms with Crippen LogP contribution in [0.2, 0.25) is 5.02 Å². The molecule has 0 unspecified atom stereocenters. The molecule has 25 heavy (non-hydrogen) atoms. The third-order valence-corrected chi connectivity index (χ3v) is 6.22. The third kappa shape index (κ3) is 3.65. The molecule has 2 aliphatic carbocycles. The lowest BCUT2D eigenvalue weighted by atomic mass is 9.81. The zero-order valence-electron chi connectivity index (χ0n) is 13.8. The Morgan fingerprint density at radius 2 is 2.04 bits per heavy atom. The van der Waals surface area contributed by atoms with Crippen LogP contribution in [0.3, 0.4) is 0 Å². The van der Waals surface area contributed by atoms with Crippen LogP contribution in [0.4, 0.5) is 5.13 Å². The van der Waals surface area contributed by atoms with Crippen molar-refractivity contribution in [3.63, 3.8) is 0 Å². The first-order valence-corrected chi connectivity index (χ1v) is 9.90. The van der Waals surface area contributed by atoms with Crippen LogP contribution >= 0.6 is 22.9 Å².